The van der Waals surface area contributed by atoms with E-state index < -0.39 is 16.9 Å². The molecule has 3 rings (SSSR count). The lowest BCUT2D eigenvalue weighted by atomic mass is 9.66. The van der Waals surface area contributed by atoms with Gasteiger partial charge in [-0.1, -0.05) is 58.4 Å². The molecular weight excluding hydrogens is 424 g/mol. The number of carbonyl (C=O) groups is 2. The summed E-state index contributed by atoms with van der Waals surface area (Å²) in [6.45, 7) is 14.7. The Morgan fingerprint density at radius 3 is 2.41 bits per heavy atom. The van der Waals surface area contributed by atoms with Gasteiger partial charge in [-0.2, -0.15) is 0 Å². The first-order valence-corrected chi connectivity index (χ1v) is 11.9. The van der Waals surface area contributed by atoms with Gasteiger partial charge in [0.2, 0.25) is 0 Å². The Labute approximate surface area is 197 Å². The van der Waals surface area contributed by atoms with Crippen LogP contribution in [0, 0.1) is 16.7 Å². The number of nitrogens with zero attached hydrogens (tertiary/aromatic N) is 1. The molecule has 1 aliphatic carbocycles. The number of rotatable bonds is 6. The van der Waals surface area contributed by atoms with E-state index in [1.165, 1.54) is 0 Å². The molecule has 1 heterocycles. The highest BCUT2D eigenvalue weighted by Crippen LogP contribution is 2.46. The predicted octanol–water partition coefficient (Wildman–Crippen LogP) is 6.35. The Morgan fingerprint density at radius 2 is 1.91 bits per heavy atom. The molecule has 1 saturated carbocycles. The van der Waals surface area contributed by atoms with Crippen molar-refractivity contribution in [3.8, 4) is 0 Å². The van der Waals surface area contributed by atoms with Crippen LogP contribution in [0.1, 0.15) is 78.9 Å². The number of benzene rings is 1. The first-order chi connectivity index (χ1) is 14.7. The summed E-state index contributed by atoms with van der Waals surface area (Å²) in [6, 6.07) is 5.84. The summed E-state index contributed by atoms with van der Waals surface area (Å²) in [5.74, 6) is -0.612. The number of aryl methyl sites for hydroxylation is 1. The molecule has 0 radical (unpaired) electrons. The monoisotopic (exact) mass is 460 g/mol. The Bertz CT molecular complexity index is 941. The van der Waals surface area contributed by atoms with Crippen molar-refractivity contribution in [3.63, 3.8) is 0 Å². The molecule has 0 unspecified atom stereocenters. The Balaban J connectivity index is 1.89. The molecule has 1 aromatic rings. The number of carbonyl (C=O) groups excluding carboxylic acids is 1. The number of carboxylic acid groups (broad SMARTS) is 1. The van der Waals surface area contributed by atoms with Crippen molar-refractivity contribution in [3.05, 3.63) is 46.1 Å². The van der Waals surface area contributed by atoms with E-state index >= 15 is 0 Å². The van der Waals surface area contributed by atoms with Crippen LogP contribution in [0.2, 0.25) is 5.02 Å². The first kappa shape index (κ1) is 24.6. The SMILES string of the molecule is CC(C)C1=CN([C@H]2C[C@](C)(C(=O)O)C2)C(=O)N[C@@]1(C)c1ccc(CCC(C)(C)C)c(Cl)c1. The standard InChI is InChI=1S/C26H37ClN2O3/c1-16(2)20-15-29(19-13-25(6,14-19)22(30)31)23(32)28-26(20,7)18-9-8-17(21(27)12-18)10-11-24(3,4)5/h8-9,12,15-16,19H,10-11,13-14H2,1-7H3,(H,28,32)(H,30,31)/t19-,25-,26-/m0/s1. The van der Waals surface area contributed by atoms with Gasteiger partial charge in [-0.05, 0) is 73.6 Å². The topological polar surface area (TPSA) is 69.6 Å². The maximum Gasteiger partial charge on any atom is 0.322 e. The highest BCUT2D eigenvalue weighted by molar-refractivity contribution is 6.31. The number of halogens is 1. The molecule has 1 fully saturated rings. The zero-order chi connectivity index (χ0) is 24.1. The highest BCUT2D eigenvalue weighted by Gasteiger charge is 2.51. The minimum atomic E-state index is -0.801. The number of hydrogen-bond acceptors (Lipinski definition) is 2. The Kier molecular flexibility index (Phi) is 6.47. The van der Waals surface area contributed by atoms with E-state index in [0.717, 1.165) is 34.6 Å². The highest BCUT2D eigenvalue weighted by atomic mass is 35.5. The number of carboxylic acids is 1. The summed E-state index contributed by atoms with van der Waals surface area (Å²) in [4.78, 5) is 26.3. The third kappa shape index (κ3) is 4.68. The Morgan fingerprint density at radius 1 is 1.28 bits per heavy atom. The lowest BCUT2D eigenvalue weighted by Gasteiger charge is -2.50. The van der Waals surface area contributed by atoms with Crippen LogP contribution in [-0.2, 0) is 16.8 Å². The molecular formula is C26H37ClN2O3. The average molecular weight is 461 g/mol. The summed E-state index contributed by atoms with van der Waals surface area (Å²) in [5.41, 5.74) is 1.97. The fraction of sp³-hybridized carbons (Fsp3) is 0.615. The lowest BCUT2D eigenvalue weighted by Crippen LogP contribution is -2.61. The van der Waals surface area contributed by atoms with E-state index in [-0.39, 0.29) is 23.4 Å². The Hall–Kier alpha value is -2.01. The number of nitrogens with one attached hydrogen (secondary N) is 1. The smallest absolute Gasteiger partial charge is 0.322 e. The predicted molar refractivity (Wildman–Crippen MR) is 129 cm³/mol. The third-order valence-electron chi connectivity index (χ3n) is 7.13. The van der Waals surface area contributed by atoms with Gasteiger partial charge in [0.05, 0.1) is 11.0 Å². The second kappa shape index (κ2) is 8.40. The summed E-state index contributed by atoms with van der Waals surface area (Å²) in [6.07, 6.45) is 4.82. The number of hydrogen-bond donors (Lipinski definition) is 2. The maximum absolute atomic E-state index is 13.1. The number of amides is 2. The second-order valence-corrected chi connectivity index (χ2v) is 11.9. The fourth-order valence-corrected chi connectivity index (χ4v) is 5.12. The van der Waals surface area contributed by atoms with Crippen LogP contribution in [0.3, 0.4) is 0 Å². The fourth-order valence-electron chi connectivity index (χ4n) is 4.85. The van der Waals surface area contributed by atoms with Crippen LogP contribution in [0.5, 0.6) is 0 Å². The van der Waals surface area contributed by atoms with Gasteiger partial charge in [-0.3, -0.25) is 9.69 Å². The van der Waals surface area contributed by atoms with Crippen molar-refractivity contribution in [1.82, 2.24) is 10.2 Å². The van der Waals surface area contributed by atoms with Crippen LogP contribution in [0.4, 0.5) is 4.79 Å². The van der Waals surface area contributed by atoms with Crippen molar-refractivity contribution < 1.29 is 14.7 Å². The largest absolute Gasteiger partial charge is 0.481 e. The zero-order valence-corrected chi connectivity index (χ0v) is 21.1. The molecule has 0 spiro atoms. The van der Waals surface area contributed by atoms with Crippen LogP contribution in [0.15, 0.2) is 30.0 Å². The zero-order valence-electron chi connectivity index (χ0n) is 20.4. The van der Waals surface area contributed by atoms with Crippen molar-refractivity contribution in [2.24, 2.45) is 16.7 Å². The summed E-state index contributed by atoms with van der Waals surface area (Å²) in [7, 11) is 0. The molecule has 2 aliphatic rings. The molecule has 176 valence electrons. The summed E-state index contributed by atoms with van der Waals surface area (Å²) in [5, 5.41) is 13.4. The number of urea groups is 1. The van der Waals surface area contributed by atoms with Crippen LogP contribution in [-0.4, -0.2) is 28.0 Å². The quantitative estimate of drug-likeness (QED) is 0.519. The van der Waals surface area contributed by atoms with E-state index in [9.17, 15) is 14.7 Å². The molecule has 1 aliphatic heterocycles. The second-order valence-electron chi connectivity index (χ2n) is 11.5. The van der Waals surface area contributed by atoms with Gasteiger partial charge in [0, 0.05) is 17.3 Å². The van der Waals surface area contributed by atoms with Crippen LogP contribution < -0.4 is 5.32 Å². The molecule has 2 amide bonds. The molecule has 2 N–H and O–H groups in total. The molecule has 32 heavy (non-hydrogen) atoms. The molecule has 0 bridgehead atoms. The molecule has 1 aromatic carbocycles. The van der Waals surface area contributed by atoms with E-state index in [1.807, 2.05) is 19.2 Å². The van der Waals surface area contributed by atoms with Gasteiger partial charge in [0.15, 0.2) is 0 Å². The third-order valence-corrected chi connectivity index (χ3v) is 7.48. The van der Waals surface area contributed by atoms with Crippen molar-refractivity contribution in [1.29, 1.82) is 0 Å². The van der Waals surface area contributed by atoms with E-state index in [2.05, 4.69) is 52.1 Å². The molecule has 6 heteroatoms. The van der Waals surface area contributed by atoms with Gasteiger partial charge in [-0.25, -0.2) is 4.79 Å². The molecule has 0 aromatic heterocycles. The van der Waals surface area contributed by atoms with Crippen LogP contribution >= 0.6 is 11.6 Å². The minimum Gasteiger partial charge on any atom is -0.481 e. The van der Waals surface area contributed by atoms with Crippen LogP contribution in [0.25, 0.3) is 0 Å². The van der Waals surface area contributed by atoms with E-state index in [0.29, 0.717) is 12.8 Å². The van der Waals surface area contributed by atoms with Gasteiger partial charge in [-0.15, -0.1) is 0 Å². The van der Waals surface area contributed by atoms with Gasteiger partial charge in [0.25, 0.3) is 0 Å². The van der Waals surface area contributed by atoms with Crippen molar-refractivity contribution in [2.45, 2.75) is 85.7 Å². The molecule has 5 nitrogen and oxygen atoms in total. The lowest BCUT2D eigenvalue weighted by molar-refractivity contribution is -0.156. The maximum atomic E-state index is 13.1. The molecule has 0 saturated heterocycles. The average Bonchev–Trinajstić information content (AvgIpc) is 2.63. The van der Waals surface area contributed by atoms with Crippen molar-refractivity contribution in [2.75, 3.05) is 0 Å². The summed E-state index contributed by atoms with van der Waals surface area (Å²) < 4.78 is 0. The normalized spacial score (nSPS) is 28.3. The minimum absolute atomic E-state index is 0.0993. The van der Waals surface area contributed by atoms with Gasteiger partial charge >= 0.3 is 12.0 Å². The first-order valence-electron chi connectivity index (χ1n) is 11.5. The summed E-state index contributed by atoms with van der Waals surface area (Å²) >= 11 is 6.68. The molecule has 1 atom stereocenters. The van der Waals surface area contributed by atoms with Crippen molar-refractivity contribution >= 4 is 23.6 Å². The van der Waals surface area contributed by atoms with Gasteiger partial charge < -0.3 is 10.4 Å². The van der Waals surface area contributed by atoms with Gasteiger partial charge in [0.1, 0.15) is 0 Å². The van der Waals surface area contributed by atoms with E-state index in [4.69, 9.17) is 11.6 Å². The van der Waals surface area contributed by atoms with E-state index in [1.54, 1.807) is 11.8 Å². The number of aliphatic carboxylic acids is 1.